The SMILES string of the molecule is Cc1nc2cc(C(=O)N3CC(C(=O)O)C(c4ccncc4)C3)ccc2s1. The van der Waals surface area contributed by atoms with Gasteiger partial charge in [0.1, 0.15) is 0 Å². The third-order valence-electron chi connectivity index (χ3n) is 4.80. The molecular weight excluding hydrogens is 350 g/mol. The molecule has 1 amide bonds. The lowest BCUT2D eigenvalue weighted by atomic mass is 9.90. The minimum atomic E-state index is -0.882. The molecule has 1 N–H and O–H groups in total. The number of carboxylic acid groups (broad SMARTS) is 1. The highest BCUT2D eigenvalue weighted by Gasteiger charge is 2.40. The van der Waals surface area contributed by atoms with Crippen molar-refractivity contribution in [2.75, 3.05) is 13.1 Å². The first-order valence-corrected chi connectivity index (χ1v) is 9.14. The monoisotopic (exact) mass is 367 g/mol. The molecular formula is C19H17N3O3S. The zero-order chi connectivity index (χ0) is 18.3. The van der Waals surface area contributed by atoms with Crippen molar-refractivity contribution in [3.05, 3.63) is 58.9 Å². The third-order valence-corrected chi connectivity index (χ3v) is 5.75. The molecule has 2 atom stereocenters. The number of carbonyl (C=O) groups is 2. The predicted molar refractivity (Wildman–Crippen MR) is 98.4 cm³/mol. The van der Waals surface area contributed by atoms with E-state index in [9.17, 15) is 14.7 Å². The fourth-order valence-corrected chi connectivity index (χ4v) is 4.33. The van der Waals surface area contributed by atoms with Crippen molar-refractivity contribution in [3.8, 4) is 0 Å². The largest absolute Gasteiger partial charge is 0.481 e. The highest BCUT2D eigenvalue weighted by molar-refractivity contribution is 7.18. The van der Waals surface area contributed by atoms with Crippen LogP contribution in [-0.2, 0) is 4.79 Å². The van der Waals surface area contributed by atoms with Crippen LogP contribution in [0.5, 0.6) is 0 Å². The number of thiazole rings is 1. The first kappa shape index (κ1) is 16.7. The number of rotatable bonds is 3. The van der Waals surface area contributed by atoms with Crippen molar-refractivity contribution in [2.24, 2.45) is 5.92 Å². The molecule has 0 spiro atoms. The van der Waals surface area contributed by atoms with E-state index in [-0.39, 0.29) is 18.4 Å². The van der Waals surface area contributed by atoms with Gasteiger partial charge < -0.3 is 10.0 Å². The minimum absolute atomic E-state index is 0.152. The number of nitrogens with zero attached hydrogens (tertiary/aromatic N) is 3. The highest BCUT2D eigenvalue weighted by atomic mass is 32.1. The second-order valence-electron chi connectivity index (χ2n) is 6.46. The number of likely N-dealkylation sites (tertiary alicyclic amines) is 1. The summed E-state index contributed by atoms with van der Waals surface area (Å²) in [5, 5.41) is 10.6. The van der Waals surface area contributed by atoms with Crippen LogP contribution in [0.2, 0.25) is 0 Å². The van der Waals surface area contributed by atoms with Crippen molar-refractivity contribution in [1.29, 1.82) is 0 Å². The summed E-state index contributed by atoms with van der Waals surface area (Å²) >= 11 is 1.59. The van der Waals surface area contributed by atoms with E-state index < -0.39 is 11.9 Å². The Kier molecular flexibility index (Phi) is 4.16. The Balaban J connectivity index is 1.62. The number of fused-ring (bicyclic) bond motifs is 1. The maximum Gasteiger partial charge on any atom is 0.308 e. The van der Waals surface area contributed by atoms with Gasteiger partial charge in [-0.15, -0.1) is 11.3 Å². The quantitative estimate of drug-likeness (QED) is 0.769. The molecule has 1 aliphatic heterocycles. The number of aromatic nitrogens is 2. The lowest BCUT2D eigenvalue weighted by molar-refractivity contribution is -0.141. The van der Waals surface area contributed by atoms with Crippen LogP contribution in [0.15, 0.2) is 42.7 Å². The molecule has 132 valence electrons. The van der Waals surface area contributed by atoms with Gasteiger partial charge in [0.15, 0.2) is 0 Å². The smallest absolute Gasteiger partial charge is 0.308 e. The van der Waals surface area contributed by atoms with E-state index in [0.717, 1.165) is 20.8 Å². The number of hydrogen-bond donors (Lipinski definition) is 1. The average molecular weight is 367 g/mol. The Bertz CT molecular complexity index is 986. The molecule has 3 heterocycles. The Morgan fingerprint density at radius 1 is 1.19 bits per heavy atom. The van der Waals surface area contributed by atoms with Crippen LogP contribution in [0.1, 0.15) is 26.8 Å². The number of amides is 1. The molecule has 0 saturated carbocycles. The lowest BCUT2D eigenvalue weighted by Crippen LogP contribution is -2.29. The van der Waals surface area contributed by atoms with Gasteiger partial charge >= 0.3 is 5.97 Å². The van der Waals surface area contributed by atoms with Crippen LogP contribution in [0.3, 0.4) is 0 Å². The summed E-state index contributed by atoms with van der Waals surface area (Å²) in [6, 6.07) is 9.12. The standard InChI is InChI=1S/C19H17N3O3S/c1-11-21-16-8-13(2-3-17(16)26-11)18(23)22-9-14(15(10-22)19(24)25)12-4-6-20-7-5-12/h2-8,14-15H,9-10H2,1H3,(H,24,25). The minimum Gasteiger partial charge on any atom is -0.481 e. The van der Waals surface area contributed by atoms with Crippen LogP contribution in [0.25, 0.3) is 10.2 Å². The summed E-state index contributed by atoms with van der Waals surface area (Å²) in [5.74, 6) is -1.88. The fourth-order valence-electron chi connectivity index (χ4n) is 3.53. The summed E-state index contributed by atoms with van der Waals surface area (Å²) in [5.41, 5.74) is 2.24. The Morgan fingerprint density at radius 3 is 2.69 bits per heavy atom. The molecule has 4 rings (SSSR count). The van der Waals surface area contributed by atoms with Gasteiger partial charge in [0, 0.05) is 37.0 Å². The van der Waals surface area contributed by atoms with E-state index in [2.05, 4.69) is 9.97 Å². The number of benzene rings is 1. The summed E-state index contributed by atoms with van der Waals surface area (Å²) < 4.78 is 1.04. The van der Waals surface area contributed by atoms with Crippen molar-refractivity contribution >= 4 is 33.4 Å². The zero-order valence-electron chi connectivity index (χ0n) is 14.1. The maximum absolute atomic E-state index is 12.9. The third kappa shape index (κ3) is 2.94. The van der Waals surface area contributed by atoms with Crippen molar-refractivity contribution in [3.63, 3.8) is 0 Å². The van der Waals surface area contributed by atoms with E-state index in [4.69, 9.17) is 0 Å². The molecule has 0 aliphatic carbocycles. The van der Waals surface area contributed by atoms with Crippen LogP contribution in [-0.4, -0.2) is 44.9 Å². The van der Waals surface area contributed by atoms with Crippen molar-refractivity contribution in [2.45, 2.75) is 12.8 Å². The van der Waals surface area contributed by atoms with E-state index in [1.807, 2.05) is 25.1 Å². The highest BCUT2D eigenvalue weighted by Crippen LogP contribution is 2.34. The molecule has 1 aromatic carbocycles. The van der Waals surface area contributed by atoms with Gasteiger partial charge in [-0.25, -0.2) is 4.98 Å². The van der Waals surface area contributed by atoms with Gasteiger partial charge in [-0.05, 0) is 42.8 Å². The Labute approximate surface area is 154 Å². The molecule has 1 saturated heterocycles. The summed E-state index contributed by atoms with van der Waals surface area (Å²) in [6.07, 6.45) is 3.30. The lowest BCUT2D eigenvalue weighted by Gasteiger charge is -2.16. The van der Waals surface area contributed by atoms with Gasteiger partial charge in [-0.2, -0.15) is 0 Å². The molecule has 6 nitrogen and oxygen atoms in total. The van der Waals surface area contributed by atoms with E-state index in [1.165, 1.54) is 0 Å². The summed E-state index contributed by atoms with van der Waals surface area (Å²) in [4.78, 5) is 34.7. The van der Waals surface area contributed by atoms with E-state index in [1.54, 1.807) is 40.8 Å². The molecule has 2 aromatic heterocycles. The van der Waals surface area contributed by atoms with E-state index in [0.29, 0.717) is 12.1 Å². The number of aliphatic carboxylic acids is 1. The van der Waals surface area contributed by atoms with Crippen molar-refractivity contribution in [1.82, 2.24) is 14.9 Å². The van der Waals surface area contributed by atoms with Crippen LogP contribution >= 0.6 is 11.3 Å². The normalized spacial score (nSPS) is 19.8. The van der Waals surface area contributed by atoms with Gasteiger partial charge in [0.2, 0.25) is 0 Å². The number of carbonyl (C=O) groups excluding carboxylic acids is 1. The van der Waals surface area contributed by atoms with Crippen LogP contribution in [0.4, 0.5) is 0 Å². The Hall–Kier alpha value is -2.80. The van der Waals surface area contributed by atoms with Crippen LogP contribution < -0.4 is 0 Å². The van der Waals surface area contributed by atoms with Gasteiger partial charge in [0.25, 0.3) is 5.91 Å². The van der Waals surface area contributed by atoms with E-state index >= 15 is 0 Å². The average Bonchev–Trinajstić information content (AvgIpc) is 3.24. The molecule has 26 heavy (non-hydrogen) atoms. The summed E-state index contributed by atoms with van der Waals surface area (Å²) in [7, 11) is 0. The molecule has 1 fully saturated rings. The predicted octanol–water partition coefficient (Wildman–Crippen LogP) is 2.94. The first-order valence-electron chi connectivity index (χ1n) is 8.32. The zero-order valence-corrected chi connectivity index (χ0v) is 14.9. The van der Waals surface area contributed by atoms with Crippen molar-refractivity contribution < 1.29 is 14.7 Å². The molecule has 2 unspecified atom stereocenters. The number of pyridine rings is 1. The van der Waals surface area contributed by atoms with Gasteiger partial charge in [-0.3, -0.25) is 14.6 Å². The molecule has 1 aliphatic rings. The molecule has 0 bridgehead atoms. The number of carboxylic acids is 1. The topological polar surface area (TPSA) is 83.4 Å². The van der Waals surface area contributed by atoms with Gasteiger partial charge in [0.05, 0.1) is 21.1 Å². The maximum atomic E-state index is 12.9. The summed E-state index contributed by atoms with van der Waals surface area (Å²) in [6.45, 7) is 2.52. The molecule has 7 heteroatoms. The fraction of sp³-hybridized carbons (Fsp3) is 0.263. The van der Waals surface area contributed by atoms with Crippen LogP contribution in [0, 0.1) is 12.8 Å². The molecule has 0 radical (unpaired) electrons. The second-order valence-corrected chi connectivity index (χ2v) is 7.69. The second kappa shape index (κ2) is 6.49. The number of aryl methyl sites for hydroxylation is 1. The molecule has 3 aromatic rings. The first-order chi connectivity index (χ1) is 12.5. The van der Waals surface area contributed by atoms with Gasteiger partial charge in [-0.1, -0.05) is 0 Å². The Morgan fingerprint density at radius 2 is 1.96 bits per heavy atom. The number of hydrogen-bond acceptors (Lipinski definition) is 5.